The predicted octanol–water partition coefficient (Wildman–Crippen LogP) is 4.03. The molecule has 0 saturated carbocycles. The van der Waals surface area contributed by atoms with Crippen molar-refractivity contribution in [1.29, 1.82) is 0 Å². The zero-order chi connectivity index (χ0) is 20.5. The SMILES string of the molecule is CCCNC(=O)c1cccc(CN=C(NCC)N(C)Cc2cc(Cl)cn2C)c1.I. The number of hydrogen-bond acceptors (Lipinski definition) is 2. The van der Waals surface area contributed by atoms with Gasteiger partial charge in [-0.2, -0.15) is 0 Å². The average molecular weight is 532 g/mol. The summed E-state index contributed by atoms with van der Waals surface area (Å²) in [4.78, 5) is 19.0. The van der Waals surface area contributed by atoms with Crippen LogP contribution in [0.3, 0.4) is 0 Å². The summed E-state index contributed by atoms with van der Waals surface area (Å²) in [5, 5.41) is 6.95. The normalized spacial score (nSPS) is 11.0. The van der Waals surface area contributed by atoms with Gasteiger partial charge in [0, 0.05) is 44.6 Å². The number of carbonyl (C=O) groups is 1. The van der Waals surface area contributed by atoms with E-state index in [0.29, 0.717) is 25.2 Å². The van der Waals surface area contributed by atoms with Gasteiger partial charge in [0.1, 0.15) is 0 Å². The molecule has 0 bridgehead atoms. The van der Waals surface area contributed by atoms with Gasteiger partial charge >= 0.3 is 0 Å². The first kappa shape index (κ1) is 25.3. The number of benzene rings is 1. The molecule has 0 aliphatic rings. The number of nitrogens with zero attached hydrogens (tertiary/aromatic N) is 3. The van der Waals surface area contributed by atoms with Crippen molar-refractivity contribution >= 4 is 47.4 Å². The third-order valence-electron chi connectivity index (χ3n) is 4.31. The molecule has 2 N–H and O–H groups in total. The lowest BCUT2D eigenvalue weighted by Crippen LogP contribution is -2.38. The summed E-state index contributed by atoms with van der Waals surface area (Å²) in [6.45, 7) is 6.72. The summed E-state index contributed by atoms with van der Waals surface area (Å²) in [7, 11) is 3.98. The van der Waals surface area contributed by atoms with Crippen LogP contribution in [-0.4, -0.2) is 41.5 Å². The van der Waals surface area contributed by atoms with E-state index >= 15 is 0 Å². The largest absolute Gasteiger partial charge is 0.357 e. The third kappa shape index (κ3) is 7.89. The fourth-order valence-electron chi connectivity index (χ4n) is 2.83. The van der Waals surface area contributed by atoms with E-state index < -0.39 is 0 Å². The van der Waals surface area contributed by atoms with Crippen molar-refractivity contribution in [3.8, 4) is 0 Å². The number of rotatable bonds is 8. The molecule has 0 saturated heterocycles. The Kier molecular flexibility index (Phi) is 11.1. The van der Waals surface area contributed by atoms with Crippen LogP contribution in [0.25, 0.3) is 0 Å². The molecule has 1 amide bonds. The van der Waals surface area contributed by atoms with Gasteiger partial charge < -0.3 is 20.1 Å². The quantitative estimate of drug-likeness (QED) is 0.307. The van der Waals surface area contributed by atoms with E-state index in [1.165, 1.54) is 0 Å². The minimum atomic E-state index is -0.0442. The second-order valence-corrected chi connectivity index (χ2v) is 7.18. The van der Waals surface area contributed by atoms with E-state index in [2.05, 4.69) is 15.5 Å². The van der Waals surface area contributed by atoms with E-state index in [1.54, 1.807) is 0 Å². The van der Waals surface area contributed by atoms with Crippen molar-refractivity contribution in [1.82, 2.24) is 20.1 Å². The minimum Gasteiger partial charge on any atom is -0.357 e. The van der Waals surface area contributed by atoms with Crippen LogP contribution in [0.4, 0.5) is 0 Å². The van der Waals surface area contributed by atoms with Crippen molar-refractivity contribution in [2.75, 3.05) is 20.1 Å². The second kappa shape index (κ2) is 12.7. The van der Waals surface area contributed by atoms with Gasteiger partial charge in [0.2, 0.25) is 0 Å². The maximum absolute atomic E-state index is 12.2. The van der Waals surface area contributed by atoms with Crippen molar-refractivity contribution in [3.05, 3.63) is 58.4 Å². The third-order valence-corrected chi connectivity index (χ3v) is 4.51. The topological polar surface area (TPSA) is 61.7 Å². The number of carbonyl (C=O) groups excluding carboxylic acids is 1. The van der Waals surface area contributed by atoms with Gasteiger partial charge in [-0.1, -0.05) is 30.7 Å². The number of nitrogens with one attached hydrogen (secondary N) is 2. The Morgan fingerprint density at radius 1 is 1.24 bits per heavy atom. The second-order valence-electron chi connectivity index (χ2n) is 6.74. The fourth-order valence-corrected chi connectivity index (χ4v) is 3.10. The molecule has 0 aliphatic heterocycles. The van der Waals surface area contributed by atoms with Crippen molar-refractivity contribution in [2.45, 2.75) is 33.4 Å². The van der Waals surface area contributed by atoms with Gasteiger partial charge in [0.15, 0.2) is 5.96 Å². The van der Waals surface area contributed by atoms with E-state index in [0.717, 1.165) is 35.2 Å². The first-order chi connectivity index (χ1) is 13.4. The van der Waals surface area contributed by atoms with E-state index in [4.69, 9.17) is 16.6 Å². The molecule has 8 heteroatoms. The van der Waals surface area contributed by atoms with Gasteiger partial charge in [0.25, 0.3) is 5.91 Å². The lowest BCUT2D eigenvalue weighted by molar-refractivity contribution is 0.0953. The summed E-state index contributed by atoms with van der Waals surface area (Å²) >= 11 is 6.09. The van der Waals surface area contributed by atoms with Crippen LogP contribution in [0.5, 0.6) is 0 Å². The molecule has 0 aliphatic carbocycles. The van der Waals surface area contributed by atoms with Gasteiger partial charge in [-0.25, -0.2) is 4.99 Å². The van der Waals surface area contributed by atoms with Crippen molar-refractivity contribution in [3.63, 3.8) is 0 Å². The Bertz CT molecular complexity index is 821. The fraction of sp³-hybridized carbons (Fsp3) is 0.429. The van der Waals surface area contributed by atoms with Crippen LogP contribution in [0.2, 0.25) is 5.02 Å². The molecule has 29 heavy (non-hydrogen) atoms. The number of aliphatic imine (C=N–C) groups is 1. The molecule has 0 spiro atoms. The molecule has 0 radical (unpaired) electrons. The molecule has 1 heterocycles. The van der Waals surface area contributed by atoms with E-state index in [-0.39, 0.29) is 29.9 Å². The van der Waals surface area contributed by atoms with Gasteiger partial charge in [-0.15, -0.1) is 24.0 Å². The van der Waals surface area contributed by atoms with E-state index in [1.807, 2.05) is 69.0 Å². The number of guanidine groups is 1. The summed E-state index contributed by atoms with van der Waals surface area (Å²) < 4.78 is 2.01. The summed E-state index contributed by atoms with van der Waals surface area (Å²) in [5.41, 5.74) is 2.76. The van der Waals surface area contributed by atoms with Crippen LogP contribution in [0.15, 0.2) is 41.5 Å². The first-order valence-corrected chi connectivity index (χ1v) is 9.99. The van der Waals surface area contributed by atoms with Crippen LogP contribution in [-0.2, 0) is 20.1 Å². The lowest BCUT2D eigenvalue weighted by atomic mass is 10.1. The molecule has 0 fully saturated rings. The molecular weight excluding hydrogens is 501 g/mol. The Balaban J connectivity index is 0.00000420. The first-order valence-electron chi connectivity index (χ1n) is 9.61. The number of aromatic nitrogens is 1. The van der Waals surface area contributed by atoms with Crippen LogP contribution >= 0.6 is 35.6 Å². The zero-order valence-corrected chi connectivity index (χ0v) is 20.6. The molecule has 6 nitrogen and oxygen atoms in total. The monoisotopic (exact) mass is 531 g/mol. The Labute approximate surface area is 195 Å². The molecule has 2 rings (SSSR count). The van der Waals surface area contributed by atoms with Crippen molar-refractivity contribution in [2.24, 2.45) is 12.0 Å². The predicted molar refractivity (Wildman–Crippen MR) is 131 cm³/mol. The highest BCUT2D eigenvalue weighted by Crippen LogP contribution is 2.14. The Hall–Kier alpha value is -1.74. The Morgan fingerprint density at radius 2 is 2.00 bits per heavy atom. The lowest BCUT2D eigenvalue weighted by Gasteiger charge is -2.22. The molecule has 0 atom stereocenters. The highest BCUT2D eigenvalue weighted by Gasteiger charge is 2.10. The molecular formula is C21H31ClIN5O. The highest BCUT2D eigenvalue weighted by atomic mass is 127. The highest BCUT2D eigenvalue weighted by molar-refractivity contribution is 14.0. The maximum atomic E-state index is 12.2. The van der Waals surface area contributed by atoms with Crippen LogP contribution in [0, 0.1) is 0 Å². The molecule has 1 aromatic heterocycles. The number of halogens is 2. The van der Waals surface area contributed by atoms with Crippen LogP contribution in [0.1, 0.15) is 41.9 Å². The Morgan fingerprint density at radius 3 is 2.62 bits per heavy atom. The summed E-state index contributed by atoms with van der Waals surface area (Å²) in [5.74, 6) is 0.762. The average Bonchev–Trinajstić information content (AvgIpc) is 3.00. The molecule has 1 aromatic carbocycles. The number of aryl methyl sites for hydroxylation is 1. The molecule has 0 unspecified atom stereocenters. The maximum Gasteiger partial charge on any atom is 0.251 e. The van der Waals surface area contributed by atoms with Gasteiger partial charge in [-0.3, -0.25) is 4.79 Å². The zero-order valence-electron chi connectivity index (χ0n) is 17.5. The number of amides is 1. The van der Waals surface area contributed by atoms with E-state index in [9.17, 15) is 4.79 Å². The number of hydrogen-bond donors (Lipinski definition) is 2. The van der Waals surface area contributed by atoms with Crippen LogP contribution < -0.4 is 10.6 Å². The van der Waals surface area contributed by atoms with Crippen molar-refractivity contribution < 1.29 is 4.79 Å². The smallest absolute Gasteiger partial charge is 0.251 e. The van der Waals surface area contributed by atoms with Gasteiger partial charge in [-0.05, 0) is 37.1 Å². The molecule has 2 aromatic rings. The molecule has 160 valence electrons. The standard InChI is InChI=1S/C21H30ClN5O.HI/c1-5-10-24-20(28)17-9-7-8-16(11-17)13-25-21(23-6-2)27(4)15-19-12-18(22)14-26(19)3;/h7-9,11-12,14H,5-6,10,13,15H2,1-4H3,(H,23,25)(H,24,28);1H. The summed E-state index contributed by atoms with van der Waals surface area (Å²) in [6, 6.07) is 9.57. The van der Waals surface area contributed by atoms with Gasteiger partial charge in [0.05, 0.1) is 18.1 Å². The summed E-state index contributed by atoms with van der Waals surface area (Å²) in [6.07, 6.45) is 2.81. The minimum absolute atomic E-state index is 0.